The van der Waals surface area contributed by atoms with Crippen molar-refractivity contribution in [3.8, 4) is 11.3 Å². The number of aromatic nitrogens is 3. The number of carbonyl (C=O) groups excluding carboxylic acids is 1. The molecule has 0 aromatic carbocycles. The van der Waals surface area contributed by atoms with Gasteiger partial charge in [0.1, 0.15) is 11.4 Å². The van der Waals surface area contributed by atoms with Crippen molar-refractivity contribution in [1.29, 1.82) is 0 Å². The van der Waals surface area contributed by atoms with E-state index in [1.54, 1.807) is 12.4 Å². The van der Waals surface area contributed by atoms with Gasteiger partial charge in [-0.3, -0.25) is 14.5 Å². The zero-order chi connectivity index (χ0) is 13.7. The van der Waals surface area contributed by atoms with E-state index in [1.165, 1.54) is 6.42 Å². The number of halogens is 1. The molecule has 1 fully saturated rings. The first-order valence-electron chi connectivity index (χ1n) is 6.68. The van der Waals surface area contributed by atoms with Crippen LogP contribution in [0, 0.1) is 0 Å². The average molecular weight is 333 g/mol. The van der Waals surface area contributed by atoms with E-state index in [1.807, 2.05) is 16.8 Å². The lowest BCUT2D eigenvalue weighted by Gasteiger charge is -2.45. The molecule has 1 aliphatic carbocycles. The number of hydrogen-bond acceptors (Lipinski definition) is 3. The largest absolute Gasteiger partial charge is 0.343 e. The molecule has 4 rings (SSSR count). The summed E-state index contributed by atoms with van der Waals surface area (Å²) in [5, 5.41) is 7.78. The number of rotatable bonds is 1. The van der Waals surface area contributed by atoms with Gasteiger partial charge in [-0.25, -0.2) is 0 Å². The molecule has 102 valence electrons. The lowest BCUT2D eigenvalue weighted by atomic mass is 9.75. The fourth-order valence-corrected chi connectivity index (χ4v) is 3.67. The van der Waals surface area contributed by atoms with E-state index < -0.39 is 0 Å². The van der Waals surface area contributed by atoms with E-state index in [2.05, 4.69) is 31.3 Å². The monoisotopic (exact) mass is 332 g/mol. The van der Waals surface area contributed by atoms with Gasteiger partial charge in [0.15, 0.2) is 0 Å². The van der Waals surface area contributed by atoms with E-state index in [9.17, 15) is 4.79 Å². The number of pyridine rings is 1. The molecule has 1 N–H and O–H groups in total. The Morgan fingerprint density at radius 2 is 2.05 bits per heavy atom. The van der Waals surface area contributed by atoms with Gasteiger partial charge in [0.2, 0.25) is 0 Å². The van der Waals surface area contributed by atoms with E-state index in [-0.39, 0.29) is 11.4 Å². The lowest BCUT2D eigenvalue weighted by Crippen LogP contribution is -2.59. The van der Waals surface area contributed by atoms with E-state index in [4.69, 9.17) is 0 Å². The number of hydrogen-bond donors (Lipinski definition) is 1. The highest BCUT2D eigenvalue weighted by Crippen LogP contribution is 2.39. The molecule has 1 amide bonds. The molecule has 1 saturated carbocycles. The topological polar surface area (TPSA) is 59.8 Å². The van der Waals surface area contributed by atoms with Gasteiger partial charge in [0.05, 0.1) is 16.6 Å². The molecule has 2 aromatic heterocycles. The third kappa shape index (κ3) is 1.64. The maximum atomic E-state index is 12.3. The standard InChI is InChI=1S/C14H13BrN4O/c15-10-11(9-2-6-16-7-3-9)18-19-8-14(4-1-5-14)17-13(20)12(10)19/h2-3,6-7H,1,4-5,8H2,(H,17,20). The summed E-state index contributed by atoms with van der Waals surface area (Å²) in [7, 11) is 0. The van der Waals surface area contributed by atoms with Gasteiger partial charge in [-0.15, -0.1) is 0 Å². The summed E-state index contributed by atoms with van der Waals surface area (Å²) in [5.41, 5.74) is 2.32. The number of nitrogens with zero attached hydrogens (tertiary/aromatic N) is 3. The second-order valence-electron chi connectivity index (χ2n) is 5.49. The van der Waals surface area contributed by atoms with Crippen LogP contribution in [0.5, 0.6) is 0 Å². The van der Waals surface area contributed by atoms with Crippen LogP contribution in [0.3, 0.4) is 0 Å². The van der Waals surface area contributed by atoms with Crippen molar-refractivity contribution in [2.45, 2.75) is 31.3 Å². The van der Waals surface area contributed by atoms with Crippen LogP contribution in [0.1, 0.15) is 29.8 Å². The zero-order valence-electron chi connectivity index (χ0n) is 10.8. The number of carbonyl (C=O) groups is 1. The van der Waals surface area contributed by atoms with Gasteiger partial charge in [0, 0.05) is 18.0 Å². The van der Waals surface area contributed by atoms with Crippen LogP contribution in [-0.2, 0) is 6.54 Å². The quantitative estimate of drug-likeness (QED) is 0.872. The minimum atomic E-state index is -0.0644. The van der Waals surface area contributed by atoms with Crippen molar-refractivity contribution in [3.63, 3.8) is 0 Å². The first-order chi connectivity index (χ1) is 9.69. The maximum absolute atomic E-state index is 12.3. The molecule has 6 heteroatoms. The fraction of sp³-hybridized carbons (Fsp3) is 0.357. The number of fused-ring (bicyclic) bond motifs is 1. The zero-order valence-corrected chi connectivity index (χ0v) is 12.4. The maximum Gasteiger partial charge on any atom is 0.271 e. The van der Waals surface area contributed by atoms with Gasteiger partial charge in [-0.2, -0.15) is 5.10 Å². The minimum Gasteiger partial charge on any atom is -0.343 e. The Labute approximate surface area is 124 Å². The first kappa shape index (κ1) is 12.1. The molecule has 0 radical (unpaired) electrons. The van der Waals surface area contributed by atoms with Gasteiger partial charge < -0.3 is 5.32 Å². The second kappa shape index (κ2) is 4.15. The third-order valence-electron chi connectivity index (χ3n) is 4.21. The summed E-state index contributed by atoms with van der Waals surface area (Å²) in [4.78, 5) is 16.4. The Morgan fingerprint density at radius 1 is 1.30 bits per heavy atom. The van der Waals surface area contributed by atoms with Crippen LogP contribution in [0.4, 0.5) is 0 Å². The molecule has 1 aliphatic heterocycles. The van der Waals surface area contributed by atoms with E-state index in [0.29, 0.717) is 5.69 Å². The van der Waals surface area contributed by atoms with Crippen LogP contribution in [0.15, 0.2) is 29.0 Å². The fourth-order valence-electron chi connectivity index (χ4n) is 2.98. The summed E-state index contributed by atoms with van der Waals surface area (Å²) in [6.45, 7) is 0.762. The second-order valence-corrected chi connectivity index (χ2v) is 6.29. The Morgan fingerprint density at radius 3 is 2.70 bits per heavy atom. The smallest absolute Gasteiger partial charge is 0.271 e. The molecular weight excluding hydrogens is 320 g/mol. The average Bonchev–Trinajstić information content (AvgIpc) is 2.75. The molecule has 0 bridgehead atoms. The van der Waals surface area contributed by atoms with Gasteiger partial charge in [-0.05, 0) is 47.3 Å². The molecule has 5 nitrogen and oxygen atoms in total. The SMILES string of the molecule is O=C1NC2(CCC2)Cn2nc(-c3ccncc3)c(Br)c21. The van der Waals surface area contributed by atoms with Crippen LogP contribution in [-0.4, -0.2) is 26.2 Å². The van der Waals surface area contributed by atoms with Crippen molar-refractivity contribution in [1.82, 2.24) is 20.1 Å². The third-order valence-corrected chi connectivity index (χ3v) is 4.96. The Hall–Kier alpha value is -1.69. The van der Waals surface area contributed by atoms with Crippen LogP contribution >= 0.6 is 15.9 Å². The molecule has 2 aliphatic rings. The van der Waals surface area contributed by atoms with Gasteiger partial charge >= 0.3 is 0 Å². The highest BCUT2D eigenvalue weighted by atomic mass is 79.9. The summed E-state index contributed by atoms with van der Waals surface area (Å²) in [6.07, 6.45) is 6.72. The summed E-state index contributed by atoms with van der Waals surface area (Å²) in [5.74, 6) is -0.0318. The molecule has 3 heterocycles. The minimum absolute atomic E-state index is 0.0318. The molecule has 2 aromatic rings. The van der Waals surface area contributed by atoms with E-state index in [0.717, 1.165) is 35.1 Å². The molecule has 1 spiro atoms. The molecule has 0 saturated heterocycles. The molecular formula is C14H13BrN4O. The van der Waals surface area contributed by atoms with Crippen molar-refractivity contribution in [3.05, 3.63) is 34.7 Å². The van der Waals surface area contributed by atoms with Crippen LogP contribution < -0.4 is 5.32 Å². The summed E-state index contributed by atoms with van der Waals surface area (Å²) >= 11 is 3.53. The Balaban J connectivity index is 1.82. The van der Waals surface area contributed by atoms with Crippen molar-refractivity contribution in [2.75, 3.05) is 0 Å². The summed E-state index contributed by atoms with van der Waals surface area (Å²) < 4.78 is 2.60. The molecule has 20 heavy (non-hydrogen) atoms. The first-order valence-corrected chi connectivity index (χ1v) is 7.47. The highest BCUT2D eigenvalue weighted by molar-refractivity contribution is 9.10. The molecule has 0 unspecified atom stereocenters. The Bertz CT molecular complexity index is 691. The van der Waals surface area contributed by atoms with Crippen LogP contribution in [0.2, 0.25) is 0 Å². The van der Waals surface area contributed by atoms with E-state index >= 15 is 0 Å². The normalized spacial score (nSPS) is 19.4. The van der Waals surface area contributed by atoms with Gasteiger partial charge in [0.25, 0.3) is 5.91 Å². The number of nitrogens with one attached hydrogen (secondary N) is 1. The predicted molar refractivity (Wildman–Crippen MR) is 77.2 cm³/mol. The van der Waals surface area contributed by atoms with Crippen molar-refractivity contribution in [2.24, 2.45) is 0 Å². The lowest BCUT2D eigenvalue weighted by molar-refractivity contribution is 0.0700. The van der Waals surface area contributed by atoms with Crippen LogP contribution in [0.25, 0.3) is 11.3 Å². The molecule has 0 atom stereocenters. The highest BCUT2D eigenvalue weighted by Gasteiger charge is 2.44. The predicted octanol–water partition coefficient (Wildman–Crippen LogP) is 2.37. The summed E-state index contributed by atoms with van der Waals surface area (Å²) in [6, 6.07) is 3.80. The van der Waals surface area contributed by atoms with Crippen molar-refractivity contribution >= 4 is 21.8 Å². The van der Waals surface area contributed by atoms with Crippen molar-refractivity contribution < 1.29 is 4.79 Å². The van der Waals surface area contributed by atoms with Gasteiger partial charge in [-0.1, -0.05) is 0 Å². The Kier molecular flexibility index (Phi) is 2.51. The number of amides is 1.